The highest BCUT2D eigenvalue weighted by molar-refractivity contribution is 6.03. The van der Waals surface area contributed by atoms with Crippen LogP contribution in [0.25, 0.3) is 0 Å². The molecule has 0 aromatic heterocycles. The van der Waals surface area contributed by atoms with Crippen molar-refractivity contribution in [1.82, 2.24) is 0 Å². The molecule has 6 atom stereocenters. The van der Waals surface area contributed by atoms with Crippen molar-refractivity contribution in [1.29, 1.82) is 0 Å². The van der Waals surface area contributed by atoms with E-state index < -0.39 is 0 Å². The summed E-state index contributed by atoms with van der Waals surface area (Å²) < 4.78 is 9.68. The Morgan fingerprint density at radius 3 is 1.76 bits per heavy atom. The summed E-state index contributed by atoms with van der Waals surface area (Å²) in [6.45, 7) is 0. The first kappa shape index (κ1) is 9.68. The lowest BCUT2D eigenvalue weighted by molar-refractivity contribution is -0.140. The first-order valence-corrected chi connectivity index (χ1v) is 6.11. The van der Waals surface area contributed by atoms with Crippen LogP contribution >= 0.6 is 0 Å². The maximum Gasteiger partial charge on any atom is 0.334 e. The average Bonchev–Trinajstić information content (AvgIpc) is 2.75. The number of hydrogen-bond acceptors (Lipinski definition) is 4. The molecule has 90 valence electrons. The van der Waals surface area contributed by atoms with E-state index in [1.807, 2.05) is 0 Å². The number of hydrogen-bond donors (Lipinski definition) is 0. The van der Waals surface area contributed by atoms with E-state index in [1.54, 1.807) is 0 Å². The predicted octanol–water partition coefficient (Wildman–Crippen LogP) is 0.771. The van der Waals surface area contributed by atoms with Gasteiger partial charge in [-0.1, -0.05) is 0 Å². The van der Waals surface area contributed by atoms with E-state index in [9.17, 15) is 9.59 Å². The molecule has 6 bridgehead atoms. The van der Waals surface area contributed by atoms with Gasteiger partial charge in [-0.15, -0.1) is 0 Å². The predicted molar refractivity (Wildman–Crippen MR) is 56.6 cm³/mol. The Balaban J connectivity index is 1.83. The third-order valence-electron chi connectivity index (χ3n) is 5.36. The van der Waals surface area contributed by atoms with Crippen LogP contribution in [0.4, 0.5) is 0 Å². The molecule has 0 aromatic rings. The number of esters is 2. The van der Waals surface area contributed by atoms with E-state index in [4.69, 9.17) is 9.47 Å². The van der Waals surface area contributed by atoms with Crippen molar-refractivity contribution in [3.05, 3.63) is 11.1 Å². The second kappa shape index (κ2) is 2.74. The fourth-order valence-corrected chi connectivity index (χ4v) is 5.04. The Morgan fingerprint density at radius 1 is 0.941 bits per heavy atom. The molecule has 0 saturated heterocycles. The lowest BCUT2D eigenvalue weighted by Gasteiger charge is -2.15. The highest BCUT2D eigenvalue weighted by Gasteiger charge is 2.79. The fraction of sp³-hybridized carbons (Fsp3) is 0.692. The largest absolute Gasteiger partial charge is 0.466 e. The lowest BCUT2D eigenvalue weighted by atomic mass is 9.92. The molecule has 5 aliphatic carbocycles. The summed E-state index contributed by atoms with van der Waals surface area (Å²) in [4.78, 5) is 23.8. The molecule has 0 aromatic carbocycles. The van der Waals surface area contributed by atoms with Crippen LogP contribution in [0, 0.1) is 35.5 Å². The number of carbonyl (C=O) groups is 2. The zero-order valence-electron chi connectivity index (χ0n) is 9.80. The summed E-state index contributed by atoms with van der Waals surface area (Å²) >= 11 is 0. The van der Waals surface area contributed by atoms with E-state index in [-0.39, 0.29) is 23.8 Å². The SMILES string of the molecule is COC(=O)C1=C(C(=O)OC)[C@H]2C3CC4[C@@H]([C@H]42)[C@H]13. The third kappa shape index (κ3) is 0.850. The van der Waals surface area contributed by atoms with Crippen LogP contribution in [-0.4, -0.2) is 26.2 Å². The van der Waals surface area contributed by atoms with Gasteiger partial charge in [-0.05, 0) is 41.9 Å². The fourth-order valence-electron chi connectivity index (χ4n) is 5.04. The molecule has 2 unspecified atom stereocenters. The van der Waals surface area contributed by atoms with E-state index in [1.165, 1.54) is 20.6 Å². The first-order valence-electron chi connectivity index (χ1n) is 6.11. The summed E-state index contributed by atoms with van der Waals surface area (Å²) in [5.74, 6) is 2.52. The number of methoxy groups -OCH3 is 2. The molecule has 4 heteroatoms. The van der Waals surface area contributed by atoms with Crippen LogP contribution in [0.2, 0.25) is 0 Å². The zero-order chi connectivity index (χ0) is 11.9. The van der Waals surface area contributed by atoms with Crippen molar-refractivity contribution in [3.8, 4) is 0 Å². The molecule has 17 heavy (non-hydrogen) atoms. The van der Waals surface area contributed by atoms with Gasteiger partial charge in [0.25, 0.3) is 0 Å². The van der Waals surface area contributed by atoms with Gasteiger partial charge in [-0.3, -0.25) is 0 Å². The van der Waals surface area contributed by atoms with Crippen LogP contribution < -0.4 is 0 Å². The molecule has 0 heterocycles. The van der Waals surface area contributed by atoms with Gasteiger partial charge in [0.15, 0.2) is 0 Å². The van der Waals surface area contributed by atoms with Crippen molar-refractivity contribution >= 4 is 11.9 Å². The molecule has 0 N–H and O–H groups in total. The summed E-state index contributed by atoms with van der Waals surface area (Å²) in [6.07, 6.45) is 1.19. The monoisotopic (exact) mass is 234 g/mol. The van der Waals surface area contributed by atoms with E-state index in [0.29, 0.717) is 28.9 Å². The standard InChI is InChI=1S/C13H14O4/c1-16-12(14)10-8-5-3-4-6(8)7(4)9(5)11(10)13(15)17-2/h4-9H,3H2,1-2H3/t4?,5?,6-,7-,8-,9+/m0/s1. The first-order chi connectivity index (χ1) is 8.20. The number of ether oxygens (including phenoxy) is 2. The molecule has 5 rings (SSSR count). The highest BCUT2D eigenvalue weighted by atomic mass is 16.5. The van der Waals surface area contributed by atoms with Crippen molar-refractivity contribution < 1.29 is 19.1 Å². The topological polar surface area (TPSA) is 52.6 Å². The molecule has 5 aliphatic rings. The van der Waals surface area contributed by atoms with Crippen molar-refractivity contribution in [3.63, 3.8) is 0 Å². The van der Waals surface area contributed by atoms with Crippen molar-refractivity contribution in [2.75, 3.05) is 14.2 Å². The Labute approximate surface area is 99.0 Å². The molecule has 4 nitrogen and oxygen atoms in total. The van der Waals surface area contributed by atoms with Gasteiger partial charge in [-0.25, -0.2) is 9.59 Å². The Morgan fingerprint density at radius 2 is 1.41 bits per heavy atom. The molecule has 4 saturated carbocycles. The van der Waals surface area contributed by atoms with Gasteiger partial charge in [0.05, 0.1) is 25.4 Å². The van der Waals surface area contributed by atoms with Gasteiger partial charge in [0, 0.05) is 0 Å². The Bertz CT molecular complexity index is 438. The Kier molecular flexibility index (Phi) is 1.56. The minimum absolute atomic E-state index is 0.288. The van der Waals surface area contributed by atoms with Crippen LogP contribution in [0.15, 0.2) is 11.1 Å². The molecular formula is C13H14O4. The van der Waals surface area contributed by atoms with E-state index in [2.05, 4.69) is 0 Å². The second-order valence-corrected chi connectivity index (χ2v) is 5.58. The maximum atomic E-state index is 11.9. The number of rotatable bonds is 2. The van der Waals surface area contributed by atoms with E-state index >= 15 is 0 Å². The van der Waals surface area contributed by atoms with Crippen molar-refractivity contribution in [2.45, 2.75) is 6.42 Å². The third-order valence-corrected chi connectivity index (χ3v) is 5.36. The molecule has 4 fully saturated rings. The van der Waals surface area contributed by atoms with Gasteiger partial charge in [-0.2, -0.15) is 0 Å². The summed E-state index contributed by atoms with van der Waals surface area (Å²) in [7, 11) is 2.76. The molecule has 0 amide bonds. The van der Waals surface area contributed by atoms with Crippen LogP contribution in [0.3, 0.4) is 0 Å². The van der Waals surface area contributed by atoms with Gasteiger partial charge < -0.3 is 9.47 Å². The Hall–Kier alpha value is -1.32. The number of carbonyl (C=O) groups excluding carboxylic acids is 2. The van der Waals surface area contributed by atoms with Gasteiger partial charge in [0.1, 0.15) is 0 Å². The molecule has 0 aliphatic heterocycles. The summed E-state index contributed by atoms with van der Waals surface area (Å²) in [6, 6.07) is 0. The second-order valence-electron chi connectivity index (χ2n) is 5.58. The minimum atomic E-state index is -0.325. The normalized spacial score (nSPS) is 47.4. The van der Waals surface area contributed by atoms with Gasteiger partial charge in [0.2, 0.25) is 0 Å². The average molecular weight is 234 g/mol. The minimum Gasteiger partial charge on any atom is -0.466 e. The van der Waals surface area contributed by atoms with Gasteiger partial charge >= 0.3 is 11.9 Å². The summed E-state index contributed by atoms with van der Waals surface area (Å²) in [5, 5.41) is 0. The maximum absolute atomic E-state index is 11.9. The highest BCUT2D eigenvalue weighted by Crippen LogP contribution is 2.81. The van der Waals surface area contributed by atoms with Crippen LogP contribution in [0.5, 0.6) is 0 Å². The van der Waals surface area contributed by atoms with Crippen molar-refractivity contribution in [2.24, 2.45) is 35.5 Å². The zero-order valence-corrected chi connectivity index (χ0v) is 9.80. The summed E-state index contributed by atoms with van der Waals surface area (Å²) in [5.41, 5.74) is 1.27. The lowest BCUT2D eigenvalue weighted by Crippen LogP contribution is -2.21. The van der Waals surface area contributed by atoms with Crippen LogP contribution in [-0.2, 0) is 19.1 Å². The smallest absolute Gasteiger partial charge is 0.334 e. The van der Waals surface area contributed by atoms with Crippen LogP contribution in [0.1, 0.15) is 6.42 Å². The molecular weight excluding hydrogens is 220 g/mol. The molecule has 0 radical (unpaired) electrons. The molecule has 0 spiro atoms. The van der Waals surface area contributed by atoms with E-state index in [0.717, 1.165) is 5.92 Å². The quantitative estimate of drug-likeness (QED) is 0.662.